The number of nitrogens with one attached hydrogen (secondary N) is 1. The van der Waals surface area contributed by atoms with Gasteiger partial charge in [0.05, 0.1) is 24.9 Å². The van der Waals surface area contributed by atoms with Crippen molar-refractivity contribution in [2.45, 2.75) is 38.5 Å². The van der Waals surface area contributed by atoms with Crippen molar-refractivity contribution in [1.82, 2.24) is 19.8 Å². The Morgan fingerprint density at radius 2 is 1.88 bits per heavy atom. The van der Waals surface area contributed by atoms with Gasteiger partial charge >= 0.3 is 0 Å². The summed E-state index contributed by atoms with van der Waals surface area (Å²) in [6, 6.07) is 7.16. The number of benzene rings is 1. The lowest BCUT2D eigenvalue weighted by Gasteiger charge is -2.33. The number of ether oxygens (including phenoxy) is 1. The molecule has 1 unspecified atom stereocenters. The number of carbonyl (C=O) groups excluding carboxylic acids is 2. The smallest absolute Gasteiger partial charge is 0.259 e. The Bertz CT molecular complexity index is 957. The van der Waals surface area contributed by atoms with Gasteiger partial charge in [0.2, 0.25) is 5.91 Å². The number of nitrogens with zero attached hydrogens (tertiary/aromatic N) is 4. The number of methoxy groups -OCH3 is 1. The fraction of sp³-hybridized carbons (Fsp3) is 0.500. The maximum atomic E-state index is 12.7. The van der Waals surface area contributed by atoms with E-state index >= 15 is 0 Å². The highest BCUT2D eigenvalue weighted by Crippen LogP contribution is 2.25. The fourth-order valence-electron chi connectivity index (χ4n) is 4.42. The third kappa shape index (κ3) is 5.24. The number of piperidine rings is 1. The van der Waals surface area contributed by atoms with Crippen LogP contribution in [0.25, 0.3) is 0 Å². The minimum absolute atomic E-state index is 0.101. The molecule has 4 rings (SSSR count). The van der Waals surface area contributed by atoms with Crippen LogP contribution < -0.4 is 10.1 Å². The van der Waals surface area contributed by atoms with Crippen molar-refractivity contribution in [3.05, 3.63) is 47.5 Å². The molecule has 3 heterocycles. The standard InChI is InChI=1S/C24H31N5O3/c1-17-21(24(31)27-19-7-9-20(32-2)10-8-19)14-25-23(26-17)18-6-5-13-29(15-18)22(30)16-28-11-3-4-12-28/h7-10,14,18H,3-6,11-13,15-16H2,1-2H3,(H,27,31). The lowest BCUT2D eigenvalue weighted by Crippen LogP contribution is -2.44. The topological polar surface area (TPSA) is 87.7 Å². The van der Waals surface area contributed by atoms with E-state index in [0.717, 1.165) is 38.2 Å². The van der Waals surface area contributed by atoms with Crippen molar-refractivity contribution >= 4 is 17.5 Å². The number of anilines is 1. The SMILES string of the molecule is COc1ccc(NC(=O)c2cnc(C3CCCN(C(=O)CN4CCCC4)C3)nc2C)cc1. The molecule has 32 heavy (non-hydrogen) atoms. The first-order valence-electron chi connectivity index (χ1n) is 11.3. The molecule has 2 amide bonds. The van der Waals surface area contributed by atoms with Gasteiger partial charge in [0.15, 0.2) is 0 Å². The first kappa shape index (κ1) is 22.2. The molecule has 1 N–H and O–H groups in total. The van der Waals surface area contributed by atoms with Crippen LogP contribution in [0.3, 0.4) is 0 Å². The Kier molecular flexibility index (Phi) is 6.99. The largest absolute Gasteiger partial charge is 0.497 e. The van der Waals surface area contributed by atoms with Crippen LogP contribution in [0, 0.1) is 6.92 Å². The Hall–Kier alpha value is -3.00. The van der Waals surface area contributed by atoms with E-state index in [4.69, 9.17) is 4.74 Å². The minimum Gasteiger partial charge on any atom is -0.497 e. The molecule has 8 nitrogen and oxygen atoms in total. The molecule has 0 aliphatic carbocycles. The third-order valence-corrected chi connectivity index (χ3v) is 6.29. The quantitative estimate of drug-likeness (QED) is 0.748. The maximum absolute atomic E-state index is 12.7. The number of aromatic nitrogens is 2. The summed E-state index contributed by atoms with van der Waals surface area (Å²) in [4.78, 5) is 38.8. The number of rotatable bonds is 6. The molecular formula is C24H31N5O3. The van der Waals surface area contributed by atoms with Crippen LogP contribution in [0.5, 0.6) is 5.75 Å². The van der Waals surface area contributed by atoms with Crippen LogP contribution in [0.15, 0.2) is 30.5 Å². The normalized spacial score (nSPS) is 19.1. The molecule has 2 saturated heterocycles. The Morgan fingerprint density at radius 3 is 2.56 bits per heavy atom. The molecule has 0 bridgehead atoms. The molecule has 8 heteroatoms. The van der Waals surface area contributed by atoms with Crippen LogP contribution in [0.1, 0.15) is 53.5 Å². The summed E-state index contributed by atoms with van der Waals surface area (Å²) < 4.78 is 5.14. The van der Waals surface area contributed by atoms with Crippen molar-refractivity contribution in [2.75, 3.05) is 45.2 Å². The highest BCUT2D eigenvalue weighted by atomic mass is 16.5. The van der Waals surface area contributed by atoms with Gasteiger partial charge in [-0.25, -0.2) is 9.97 Å². The predicted octanol–water partition coefficient (Wildman–Crippen LogP) is 2.85. The monoisotopic (exact) mass is 437 g/mol. The second-order valence-corrected chi connectivity index (χ2v) is 8.57. The summed E-state index contributed by atoms with van der Waals surface area (Å²) in [5.41, 5.74) is 1.77. The Labute approximate surface area is 189 Å². The summed E-state index contributed by atoms with van der Waals surface area (Å²) in [5, 5.41) is 2.87. The average molecular weight is 438 g/mol. The van der Waals surface area contributed by atoms with E-state index in [9.17, 15) is 9.59 Å². The molecule has 1 aromatic carbocycles. The fourth-order valence-corrected chi connectivity index (χ4v) is 4.42. The van der Waals surface area contributed by atoms with Gasteiger partial charge < -0.3 is 15.0 Å². The zero-order valence-corrected chi connectivity index (χ0v) is 18.8. The second-order valence-electron chi connectivity index (χ2n) is 8.57. The highest BCUT2D eigenvalue weighted by molar-refractivity contribution is 6.04. The van der Waals surface area contributed by atoms with Crippen LogP contribution in [-0.2, 0) is 4.79 Å². The molecular weight excluding hydrogens is 406 g/mol. The number of hydrogen-bond acceptors (Lipinski definition) is 6. The lowest BCUT2D eigenvalue weighted by molar-refractivity contribution is -0.133. The Balaban J connectivity index is 1.39. The van der Waals surface area contributed by atoms with Crippen molar-refractivity contribution in [3.63, 3.8) is 0 Å². The molecule has 0 radical (unpaired) electrons. The molecule has 0 saturated carbocycles. The van der Waals surface area contributed by atoms with E-state index in [0.29, 0.717) is 35.9 Å². The molecule has 170 valence electrons. The number of carbonyl (C=O) groups is 2. The van der Waals surface area contributed by atoms with Crippen LogP contribution in [0.4, 0.5) is 5.69 Å². The summed E-state index contributed by atoms with van der Waals surface area (Å²) >= 11 is 0. The summed E-state index contributed by atoms with van der Waals surface area (Å²) in [5.74, 6) is 1.49. The summed E-state index contributed by atoms with van der Waals surface area (Å²) in [6.45, 7) is 5.81. The molecule has 2 aliphatic rings. The number of likely N-dealkylation sites (tertiary alicyclic amines) is 2. The van der Waals surface area contributed by atoms with Crippen LogP contribution in [-0.4, -0.2) is 71.4 Å². The first-order chi connectivity index (χ1) is 15.5. The zero-order valence-electron chi connectivity index (χ0n) is 18.8. The van der Waals surface area contributed by atoms with E-state index in [-0.39, 0.29) is 17.7 Å². The summed E-state index contributed by atoms with van der Waals surface area (Å²) in [7, 11) is 1.60. The minimum atomic E-state index is -0.245. The van der Waals surface area contributed by atoms with E-state index < -0.39 is 0 Å². The van der Waals surface area contributed by atoms with Crippen molar-refractivity contribution in [1.29, 1.82) is 0 Å². The van der Waals surface area contributed by atoms with E-state index in [1.807, 2.05) is 11.8 Å². The molecule has 2 aliphatic heterocycles. The van der Waals surface area contributed by atoms with Gasteiger partial charge in [-0.2, -0.15) is 0 Å². The lowest BCUT2D eigenvalue weighted by atomic mass is 9.96. The molecule has 2 fully saturated rings. The Morgan fingerprint density at radius 1 is 1.12 bits per heavy atom. The number of aryl methyl sites for hydroxylation is 1. The van der Waals surface area contributed by atoms with Crippen molar-refractivity contribution in [3.8, 4) is 5.75 Å². The van der Waals surface area contributed by atoms with Gasteiger partial charge in [0, 0.05) is 30.9 Å². The molecule has 1 atom stereocenters. The van der Waals surface area contributed by atoms with E-state index in [2.05, 4.69) is 20.2 Å². The van der Waals surface area contributed by atoms with Crippen LogP contribution >= 0.6 is 0 Å². The zero-order chi connectivity index (χ0) is 22.5. The van der Waals surface area contributed by atoms with E-state index in [1.54, 1.807) is 37.6 Å². The number of hydrogen-bond donors (Lipinski definition) is 1. The van der Waals surface area contributed by atoms with Gasteiger partial charge in [-0.1, -0.05) is 0 Å². The maximum Gasteiger partial charge on any atom is 0.259 e. The summed E-state index contributed by atoms with van der Waals surface area (Å²) in [6.07, 6.45) is 5.85. The molecule has 2 aromatic rings. The highest BCUT2D eigenvalue weighted by Gasteiger charge is 2.28. The average Bonchev–Trinajstić information content (AvgIpc) is 3.32. The first-order valence-corrected chi connectivity index (χ1v) is 11.3. The predicted molar refractivity (Wildman–Crippen MR) is 122 cm³/mol. The molecule has 0 spiro atoms. The molecule has 1 aromatic heterocycles. The van der Waals surface area contributed by atoms with Gasteiger partial charge in [-0.15, -0.1) is 0 Å². The van der Waals surface area contributed by atoms with Gasteiger partial charge in [0.25, 0.3) is 5.91 Å². The van der Waals surface area contributed by atoms with Gasteiger partial charge in [-0.3, -0.25) is 14.5 Å². The third-order valence-electron chi connectivity index (χ3n) is 6.29. The number of amides is 2. The van der Waals surface area contributed by atoms with Crippen LogP contribution in [0.2, 0.25) is 0 Å². The second kappa shape index (κ2) is 10.1. The van der Waals surface area contributed by atoms with Gasteiger partial charge in [-0.05, 0) is 70.0 Å². The van der Waals surface area contributed by atoms with Gasteiger partial charge in [0.1, 0.15) is 11.6 Å². The van der Waals surface area contributed by atoms with E-state index in [1.165, 1.54) is 12.8 Å². The van der Waals surface area contributed by atoms with Crippen molar-refractivity contribution in [2.24, 2.45) is 0 Å². The van der Waals surface area contributed by atoms with Crippen molar-refractivity contribution < 1.29 is 14.3 Å².